The maximum absolute atomic E-state index is 12.0. The lowest BCUT2D eigenvalue weighted by atomic mass is 10.1. The summed E-state index contributed by atoms with van der Waals surface area (Å²) in [5.74, 6) is 5.58. The topological polar surface area (TPSA) is 131 Å². The third-order valence-corrected chi connectivity index (χ3v) is 3.30. The highest BCUT2D eigenvalue weighted by molar-refractivity contribution is 5.87. The molecule has 3 N–H and O–H groups in total. The number of hydrogen-bond acceptors (Lipinski definition) is 5. The number of nitro groups is 1. The van der Waals surface area contributed by atoms with E-state index in [1.165, 1.54) is 24.3 Å². The molecule has 29 heavy (non-hydrogen) atoms. The fourth-order valence-corrected chi connectivity index (χ4v) is 2.21. The summed E-state index contributed by atoms with van der Waals surface area (Å²) in [5.41, 5.74) is 0.361. The first-order valence-electron chi connectivity index (χ1n) is 8.44. The number of nitro benzene ring substituents is 1. The second-order valence-corrected chi connectivity index (χ2v) is 6.87. The quantitative estimate of drug-likeness (QED) is 0.399. The van der Waals surface area contributed by atoms with Crippen molar-refractivity contribution < 1.29 is 24.4 Å². The summed E-state index contributed by atoms with van der Waals surface area (Å²) in [6.07, 6.45) is -1.93. The van der Waals surface area contributed by atoms with Crippen LogP contribution < -0.4 is 10.6 Å². The molecule has 0 spiro atoms. The fourth-order valence-electron chi connectivity index (χ4n) is 2.21. The van der Waals surface area contributed by atoms with Crippen LogP contribution >= 0.6 is 0 Å². The molecular weight excluding hydrogens is 378 g/mol. The van der Waals surface area contributed by atoms with Gasteiger partial charge >= 0.3 is 12.2 Å². The Kier molecular flexibility index (Phi) is 6.41. The molecule has 0 atom stereocenters. The highest BCUT2D eigenvalue weighted by Gasteiger charge is 2.18. The van der Waals surface area contributed by atoms with Crippen molar-refractivity contribution in [3.8, 4) is 11.8 Å². The average molecular weight is 397 g/mol. The van der Waals surface area contributed by atoms with Gasteiger partial charge in [0, 0.05) is 23.4 Å². The highest BCUT2D eigenvalue weighted by Crippen LogP contribution is 2.22. The molecule has 2 rings (SSSR count). The highest BCUT2D eigenvalue weighted by atomic mass is 16.6. The molecule has 0 fully saturated rings. The summed E-state index contributed by atoms with van der Waals surface area (Å²) in [5, 5.41) is 24.6. The van der Waals surface area contributed by atoms with Crippen molar-refractivity contribution in [1.82, 2.24) is 0 Å². The molecule has 0 unspecified atom stereocenters. The lowest BCUT2D eigenvalue weighted by molar-refractivity contribution is -0.384. The van der Waals surface area contributed by atoms with E-state index in [9.17, 15) is 19.7 Å². The Bertz CT molecular complexity index is 1010. The van der Waals surface area contributed by atoms with Gasteiger partial charge in [-0.25, -0.2) is 9.59 Å². The standard InChI is InChI=1S/C20H19N3O6/c1-20(2,3)29-19(26)22-17-10-9-16(23(27)28)12-14(17)8-7-13-5-4-6-15(11-13)21-18(24)25/h4-6,9-12,21H,1-3H3,(H,22,26)(H,24,25). The van der Waals surface area contributed by atoms with Crippen molar-refractivity contribution >= 4 is 29.2 Å². The molecule has 0 aliphatic heterocycles. The number of hydrogen-bond donors (Lipinski definition) is 3. The van der Waals surface area contributed by atoms with Gasteiger partial charge in [-0.1, -0.05) is 17.9 Å². The first kappa shape index (κ1) is 21.2. The molecule has 0 saturated carbocycles. The molecule has 0 heterocycles. The Morgan fingerprint density at radius 2 is 1.83 bits per heavy atom. The number of anilines is 2. The molecule has 2 amide bonds. The van der Waals surface area contributed by atoms with Crippen LogP contribution in [0.5, 0.6) is 0 Å². The third-order valence-electron chi connectivity index (χ3n) is 3.30. The number of carbonyl (C=O) groups is 2. The van der Waals surface area contributed by atoms with Crippen LogP contribution in [0.1, 0.15) is 31.9 Å². The zero-order chi connectivity index (χ0) is 21.6. The van der Waals surface area contributed by atoms with Gasteiger partial charge in [-0.3, -0.25) is 20.7 Å². The third kappa shape index (κ3) is 6.88. The monoisotopic (exact) mass is 397 g/mol. The molecule has 0 aliphatic carbocycles. The van der Waals surface area contributed by atoms with Crippen LogP contribution in [0, 0.1) is 22.0 Å². The molecule has 9 heteroatoms. The Hall–Kier alpha value is -4.06. The predicted octanol–water partition coefficient (Wildman–Crippen LogP) is 4.43. The molecule has 150 valence electrons. The van der Waals surface area contributed by atoms with Gasteiger partial charge in [0.25, 0.3) is 5.69 Å². The summed E-state index contributed by atoms with van der Waals surface area (Å²) in [6, 6.07) is 10.2. The molecule has 2 aromatic carbocycles. The average Bonchev–Trinajstić information content (AvgIpc) is 2.58. The fraction of sp³-hybridized carbons (Fsp3) is 0.200. The summed E-state index contributed by atoms with van der Waals surface area (Å²) >= 11 is 0. The second-order valence-electron chi connectivity index (χ2n) is 6.87. The number of non-ortho nitro benzene ring substituents is 1. The van der Waals surface area contributed by atoms with Crippen LogP contribution in [0.2, 0.25) is 0 Å². The summed E-state index contributed by atoms with van der Waals surface area (Å²) in [7, 11) is 0. The maximum Gasteiger partial charge on any atom is 0.412 e. The summed E-state index contributed by atoms with van der Waals surface area (Å²) < 4.78 is 5.19. The molecule has 9 nitrogen and oxygen atoms in total. The van der Waals surface area contributed by atoms with Gasteiger partial charge in [-0.15, -0.1) is 0 Å². The molecule has 0 saturated heterocycles. The largest absolute Gasteiger partial charge is 0.465 e. The zero-order valence-corrected chi connectivity index (χ0v) is 16.0. The van der Waals surface area contributed by atoms with E-state index in [0.29, 0.717) is 11.3 Å². The Balaban J connectivity index is 2.37. The predicted molar refractivity (Wildman–Crippen MR) is 107 cm³/mol. The van der Waals surface area contributed by atoms with E-state index in [-0.39, 0.29) is 16.9 Å². The van der Waals surface area contributed by atoms with E-state index in [4.69, 9.17) is 9.84 Å². The summed E-state index contributed by atoms with van der Waals surface area (Å²) in [4.78, 5) is 33.3. The number of nitrogens with zero attached hydrogens (tertiary/aromatic N) is 1. The smallest absolute Gasteiger partial charge is 0.412 e. The van der Waals surface area contributed by atoms with Crippen LogP contribution in [0.3, 0.4) is 0 Å². The normalized spacial score (nSPS) is 10.3. The molecule has 2 aromatic rings. The number of carboxylic acid groups (broad SMARTS) is 1. The molecular formula is C20H19N3O6. The van der Waals surface area contributed by atoms with Gasteiger partial charge in [-0.2, -0.15) is 0 Å². The number of benzene rings is 2. The number of ether oxygens (including phenoxy) is 1. The molecule has 0 bridgehead atoms. The van der Waals surface area contributed by atoms with Gasteiger partial charge < -0.3 is 9.84 Å². The van der Waals surface area contributed by atoms with E-state index in [1.807, 2.05) is 0 Å². The van der Waals surface area contributed by atoms with E-state index in [2.05, 4.69) is 22.5 Å². The van der Waals surface area contributed by atoms with E-state index in [0.717, 1.165) is 0 Å². The Labute approximate surface area is 166 Å². The van der Waals surface area contributed by atoms with Gasteiger partial charge in [0.05, 0.1) is 16.2 Å². The Morgan fingerprint density at radius 1 is 1.10 bits per heavy atom. The Morgan fingerprint density at radius 3 is 2.45 bits per heavy atom. The van der Waals surface area contributed by atoms with E-state index >= 15 is 0 Å². The van der Waals surface area contributed by atoms with Gasteiger partial charge in [0.15, 0.2) is 0 Å². The summed E-state index contributed by atoms with van der Waals surface area (Å²) in [6.45, 7) is 5.13. The van der Waals surface area contributed by atoms with Crippen LogP contribution in [0.4, 0.5) is 26.7 Å². The SMILES string of the molecule is CC(C)(C)OC(=O)Nc1ccc([N+](=O)[O-])cc1C#Cc1cccc(NC(=O)O)c1. The number of nitrogens with one attached hydrogen (secondary N) is 2. The van der Waals surface area contributed by atoms with Crippen molar-refractivity contribution in [2.75, 3.05) is 10.6 Å². The van der Waals surface area contributed by atoms with Crippen molar-refractivity contribution in [3.05, 3.63) is 63.7 Å². The number of rotatable bonds is 3. The van der Waals surface area contributed by atoms with Gasteiger partial charge in [-0.05, 0) is 45.0 Å². The lowest BCUT2D eigenvalue weighted by Gasteiger charge is -2.20. The van der Waals surface area contributed by atoms with Crippen LogP contribution in [-0.2, 0) is 4.74 Å². The van der Waals surface area contributed by atoms with E-state index < -0.39 is 22.7 Å². The van der Waals surface area contributed by atoms with Crippen LogP contribution in [0.15, 0.2) is 42.5 Å². The first-order valence-corrected chi connectivity index (χ1v) is 8.44. The second kappa shape index (κ2) is 8.75. The van der Waals surface area contributed by atoms with Gasteiger partial charge in [0.2, 0.25) is 0 Å². The minimum absolute atomic E-state index is 0.190. The first-order chi connectivity index (χ1) is 13.5. The number of amides is 2. The zero-order valence-electron chi connectivity index (χ0n) is 16.0. The van der Waals surface area contributed by atoms with Crippen molar-refractivity contribution in [3.63, 3.8) is 0 Å². The van der Waals surface area contributed by atoms with Gasteiger partial charge in [0.1, 0.15) is 5.60 Å². The van der Waals surface area contributed by atoms with Crippen LogP contribution in [0.25, 0.3) is 0 Å². The minimum Gasteiger partial charge on any atom is -0.465 e. The van der Waals surface area contributed by atoms with Crippen molar-refractivity contribution in [2.24, 2.45) is 0 Å². The molecule has 0 aromatic heterocycles. The number of carbonyl (C=O) groups excluding carboxylic acids is 1. The van der Waals surface area contributed by atoms with Crippen molar-refractivity contribution in [1.29, 1.82) is 0 Å². The van der Waals surface area contributed by atoms with Crippen LogP contribution in [-0.4, -0.2) is 27.8 Å². The molecule has 0 aliphatic rings. The molecule has 0 radical (unpaired) electrons. The minimum atomic E-state index is -1.21. The van der Waals surface area contributed by atoms with E-state index in [1.54, 1.807) is 39.0 Å². The van der Waals surface area contributed by atoms with Crippen molar-refractivity contribution in [2.45, 2.75) is 26.4 Å². The maximum atomic E-state index is 12.0. The lowest BCUT2D eigenvalue weighted by Crippen LogP contribution is -2.27.